The number of hydrogen-bond donors (Lipinski definition) is 1. The van der Waals surface area contributed by atoms with Gasteiger partial charge in [-0.25, -0.2) is 4.98 Å². The molecule has 1 atom stereocenters. The fourth-order valence-electron chi connectivity index (χ4n) is 1.84. The van der Waals surface area contributed by atoms with Gasteiger partial charge >= 0.3 is 0 Å². The lowest BCUT2D eigenvalue weighted by molar-refractivity contribution is 0.0958. The Morgan fingerprint density at radius 1 is 1.60 bits per heavy atom. The summed E-state index contributed by atoms with van der Waals surface area (Å²) in [5.41, 5.74) is 6.76. The van der Waals surface area contributed by atoms with Crippen molar-refractivity contribution in [3.05, 3.63) is 23.9 Å². The largest absolute Gasteiger partial charge is 0.377 e. The first-order valence-corrected chi connectivity index (χ1v) is 5.29. The molecule has 0 amide bonds. The van der Waals surface area contributed by atoms with Crippen molar-refractivity contribution in [1.29, 1.82) is 0 Å². The Labute approximate surface area is 90.0 Å². The quantitative estimate of drug-likeness (QED) is 0.769. The van der Waals surface area contributed by atoms with E-state index in [2.05, 4.69) is 9.88 Å². The molecular formula is C11H17N3O. The van der Waals surface area contributed by atoms with Crippen LogP contribution in [0.4, 0.5) is 5.82 Å². The molecule has 0 aliphatic carbocycles. The van der Waals surface area contributed by atoms with Gasteiger partial charge in [-0.1, -0.05) is 6.07 Å². The summed E-state index contributed by atoms with van der Waals surface area (Å²) in [6, 6.07) is 6.32. The van der Waals surface area contributed by atoms with Gasteiger partial charge in [0.2, 0.25) is 0 Å². The zero-order valence-corrected chi connectivity index (χ0v) is 9.02. The van der Waals surface area contributed by atoms with Gasteiger partial charge in [0.25, 0.3) is 0 Å². The molecule has 0 aromatic carbocycles. The highest BCUT2D eigenvalue weighted by molar-refractivity contribution is 5.41. The fourth-order valence-corrected chi connectivity index (χ4v) is 1.84. The van der Waals surface area contributed by atoms with Gasteiger partial charge in [0, 0.05) is 18.8 Å². The molecule has 0 bridgehead atoms. The minimum Gasteiger partial charge on any atom is -0.377 e. The molecule has 82 valence electrons. The zero-order valence-electron chi connectivity index (χ0n) is 9.02. The number of nitrogens with zero attached hydrogens (tertiary/aromatic N) is 2. The van der Waals surface area contributed by atoms with Crippen LogP contribution < -0.4 is 10.6 Å². The molecule has 1 aromatic rings. The predicted molar refractivity (Wildman–Crippen MR) is 60.0 cm³/mol. The SMILES string of the molecule is Cc1cccc(N2CCOCC2CN)n1. The molecule has 4 heteroatoms. The van der Waals surface area contributed by atoms with Crippen molar-refractivity contribution in [3.63, 3.8) is 0 Å². The number of hydrogen-bond acceptors (Lipinski definition) is 4. The average Bonchev–Trinajstić information content (AvgIpc) is 2.29. The van der Waals surface area contributed by atoms with E-state index < -0.39 is 0 Å². The Kier molecular flexibility index (Phi) is 3.18. The van der Waals surface area contributed by atoms with E-state index in [1.165, 1.54) is 0 Å². The number of ether oxygens (including phenoxy) is 1. The normalized spacial score (nSPS) is 21.7. The summed E-state index contributed by atoms with van der Waals surface area (Å²) in [4.78, 5) is 6.74. The highest BCUT2D eigenvalue weighted by Gasteiger charge is 2.22. The van der Waals surface area contributed by atoms with Crippen LogP contribution in [-0.4, -0.2) is 37.3 Å². The molecule has 2 N–H and O–H groups in total. The van der Waals surface area contributed by atoms with Crippen molar-refractivity contribution in [1.82, 2.24) is 4.98 Å². The number of pyridine rings is 1. The Bertz CT molecular complexity index is 329. The number of aromatic nitrogens is 1. The van der Waals surface area contributed by atoms with Crippen LogP contribution in [0.3, 0.4) is 0 Å². The van der Waals surface area contributed by atoms with E-state index in [9.17, 15) is 0 Å². The molecule has 2 heterocycles. The number of anilines is 1. The number of aryl methyl sites for hydroxylation is 1. The zero-order chi connectivity index (χ0) is 10.7. The Morgan fingerprint density at radius 3 is 3.20 bits per heavy atom. The Morgan fingerprint density at radius 2 is 2.47 bits per heavy atom. The first-order chi connectivity index (χ1) is 7.31. The van der Waals surface area contributed by atoms with E-state index >= 15 is 0 Å². The molecule has 1 aliphatic rings. The van der Waals surface area contributed by atoms with Crippen molar-refractivity contribution < 1.29 is 4.74 Å². The van der Waals surface area contributed by atoms with Crippen molar-refractivity contribution in [2.24, 2.45) is 5.73 Å². The van der Waals surface area contributed by atoms with E-state index in [1.807, 2.05) is 25.1 Å². The molecule has 15 heavy (non-hydrogen) atoms. The monoisotopic (exact) mass is 207 g/mol. The number of morpholine rings is 1. The number of nitrogens with two attached hydrogens (primary N) is 1. The van der Waals surface area contributed by atoms with Gasteiger partial charge < -0.3 is 15.4 Å². The van der Waals surface area contributed by atoms with E-state index in [0.29, 0.717) is 13.2 Å². The van der Waals surface area contributed by atoms with E-state index in [4.69, 9.17) is 10.5 Å². The second kappa shape index (κ2) is 4.59. The van der Waals surface area contributed by atoms with Gasteiger partial charge in [-0.2, -0.15) is 0 Å². The predicted octanol–water partition coefficient (Wildman–Crippen LogP) is 0.554. The van der Waals surface area contributed by atoms with Crippen LogP contribution in [0.2, 0.25) is 0 Å². The summed E-state index contributed by atoms with van der Waals surface area (Å²) in [5.74, 6) is 1.01. The van der Waals surface area contributed by atoms with Crippen LogP contribution in [-0.2, 0) is 4.74 Å². The van der Waals surface area contributed by atoms with Gasteiger partial charge in [-0.15, -0.1) is 0 Å². The summed E-state index contributed by atoms with van der Waals surface area (Å²) >= 11 is 0. The van der Waals surface area contributed by atoms with Gasteiger partial charge in [-0.05, 0) is 19.1 Å². The highest BCUT2D eigenvalue weighted by Crippen LogP contribution is 2.16. The standard InChI is InChI=1S/C11H17N3O/c1-9-3-2-4-11(13-9)14-5-6-15-8-10(14)7-12/h2-4,10H,5-8,12H2,1H3. The molecule has 4 nitrogen and oxygen atoms in total. The van der Waals surface area contributed by atoms with Crippen LogP contribution >= 0.6 is 0 Å². The third kappa shape index (κ3) is 2.27. The smallest absolute Gasteiger partial charge is 0.129 e. The molecule has 1 fully saturated rings. The summed E-state index contributed by atoms with van der Waals surface area (Å²) in [5, 5.41) is 0. The van der Waals surface area contributed by atoms with E-state index in [-0.39, 0.29) is 6.04 Å². The second-order valence-electron chi connectivity index (χ2n) is 3.80. The van der Waals surface area contributed by atoms with Gasteiger partial charge in [0.05, 0.1) is 19.3 Å². The molecule has 1 aromatic heterocycles. The van der Waals surface area contributed by atoms with Crippen LogP contribution in [0.15, 0.2) is 18.2 Å². The molecule has 1 unspecified atom stereocenters. The van der Waals surface area contributed by atoms with Crippen LogP contribution in [0.5, 0.6) is 0 Å². The van der Waals surface area contributed by atoms with Gasteiger partial charge in [-0.3, -0.25) is 0 Å². The average molecular weight is 207 g/mol. The van der Waals surface area contributed by atoms with Gasteiger partial charge in [0.15, 0.2) is 0 Å². The molecular weight excluding hydrogens is 190 g/mol. The molecule has 2 rings (SSSR count). The molecule has 1 saturated heterocycles. The summed E-state index contributed by atoms with van der Waals surface area (Å²) in [7, 11) is 0. The summed E-state index contributed by atoms with van der Waals surface area (Å²) in [6.07, 6.45) is 0. The highest BCUT2D eigenvalue weighted by atomic mass is 16.5. The maximum absolute atomic E-state index is 5.72. The van der Waals surface area contributed by atoms with Crippen LogP contribution in [0.1, 0.15) is 5.69 Å². The maximum atomic E-state index is 5.72. The lowest BCUT2D eigenvalue weighted by Crippen LogP contribution is -2.49. The Hall–Kier alpha value is -1.13. The minimum absolute atomic E-state index is 0.257. The third-order valence-electron chi connectivity index (χ3n) is 2.67. The van der Waals surface area contributed by atoms with E-state index in [1.54, 1.807) is 0 Å². The summed E-state index contributed by atoms with van der Waals surface area (Å²) in [6.45, 7) is 4.94. The van der Waals surface area contributed by atoms with Crippen molar-refractivity contribution in [3.8, 4) is 0 Å². The van der Waals surface area contributed by atoms with Crippen LogP contribution in [0, 0.1) is 6.92 Å². The first kappa shape index (κ1) is 10.4. The topological polar surface area (TPSA) is 51.4 Å². The van der Waals surface area contributed by atoms with Crippen molar-refractivity contribution >= 4 is 5.82 Å². The van der Waals surface area contributed by atoms with Gasteiger partial charge in [0.1, 0.15) is 5.82 Å². The third-order valence-corrected chi connectivity index (χ3v) is 2.67. The minimum atomic E-state index is 0.257. The lowest BCUT2D eigenvalue weighted by Gasteiger charge is -2.35. The molecule has 0 radical (unpaired) electrons. The van der Waals surface area contributed by atoms with Crippen molar-refractivity contribution in [2.75, 3.05) is 31.2 Å². The van der Waals surface area contributed by atoms with Crippen LogP contribution in [0.25, 0.3) is 0 Å². The fraction of sp³-hybridized carbons (Fsp3) is 0.545. The van der Waals surface area contributed by atoms with E-state index in [0.717, 1.165) is 24.7 Å². The molecule has 0 spiro atoms. The molecule has 0 saturated carbocycles. The number of rotatable bonds is 2. The first-order valence-electron chi connectivity index (χ1n) is 5.29. The molecule has 1 aliphatic heterocycles. The second-order valence-corrected chi connectivity index (χ2v) is 3.80. The van der Waals surface area contributed by atoms with Crippen molar-refractivity contribution in [2.45, 2.75) is 13.0 Å². The lowest BCUT2D eigenvalue weighted by atomic mass is 10.2. The Balaban J connectivity index is 2.20. The summed E-state index contributed by atoms with van der Waals surface area (Å²) < 4.78 is 5.41. The maximum Gasteiger partial charge on any atom is 0.129 e.